The first-order chi connectivity index (χ1) is 8.51. The van der Waals surface area contributed by atoms with Crippen LogP contribution in [0.4, 0.5) is 4.39 Å². The van der Waals surface area contributed by atoms with Crippen LogP contribution in [0.5, 0.6) is 0 Å². The van der Waals surface area contributed by atoms with Crippen molar-refractivity contribution < 1.29 is 9.50 Å². The minimum Gasteiger partial charge on any atom is -0.395 e. The highest BCUT2D eigenvalue weighted by atomic mass is 19.1. The monoisotopic (exact) mass is 254 g/mol. The second kappa shape index (κ2) is 6.83. The summed E-state index contributed by atoms with van der Waals surface area (Å²) < 4.78 is 13.3. The molecular formula is C14H23FN2O. The molecule has 1 aromatic carbocycles. The van der Waals surface area contributed by atoms with E-state index in [0.717, 1.165) is 12.0 Å². The van der Waals surface area contributed by atoms with Crippen molar-refractivity contribution in [2.45, 2.75) is 38.4 Å². The van der Waals surface area contributed by atoms with Crippen LogP contribution in [0.3, 0.4) is 0 Å². The Morgan fingerprint density at radius 2 is 2.11 bits per heavy atom. The maximum atomic E-state index is 13.3. The fourth-order valence-corrected chi connectivity index (χ4v) is 2.10. The van der Waals surface area contributed by atoms with Crippen molar-refractivity contribution in [2.24, 2.45) is 5.73 Å². The van der Waals surface area contributed by atoms with Gasteiger partial charge in [-0.25, -0.2) is 4.39 Å². The highest BCUT2D eigenvalue weighted by Gasteiger charge is 2.26. The van der Waals surface area contributed by atoms with Gasteiger partial charge >= 0.3 is 0 Å². The van der Waals surface area contributed by atoms with Gasteiger partial charge in [0.1, 0.15) is 5.82 Å². The Kier molecular flexibility index (Phi) is 5.72. The lowest BCUT2D eigenvalue weighted by atomic mass is 9.95. The van der Waals surface area contributed by atoms with Crippen LogP contribution in [0.15, 0.2) is 24.3 Å². The summed E-state index contributed by atoms with van der Waals surface area (Å²) in [6.45, 7) is 3.99. The number of halogens is 1. The van der Waals surface area contributed by atoms with Crippen LogP contribution in [0.2, 0.25) is 0 Å². The van der Waals surface area contributed by atoms with Crippen LogP contribution >= 0.6 is 0 Å². The molecule has 4 heteroatoms. The second-order valence-electron chi connectivity index (χ2n) is 4.77. The molecule has 0 aliphatic rings. The van der Waals surface area contributed by atoms with Gasteiger partial charge in [0, 0.05) is 12.1 Å². The average molecular weight is 254 g/mol. The number of rotatable bonds is 6. The topological polar surface area (TPSA) is 49.5 Å². The summed E-state index contributed by atoms with van der Waals surface area (Å²) in [5, 5.41) is 9.25. The lowest BCUT2D eigenvalue weighted by Crippen LogP contribution is -2.44. The fraction of sp³-hybridized carbons (Fsp3) is 0.571. The molecule has 18 heavy (non-hydrogen) atoms. The molecule has 0 saturated carbocycles. The van der Waals surface area contributed by atoms with Crippen molar-refractivity contribution in [3.8, 4) is 0 Å². The van der Waals surface area contributed by atoms with E-state index in [2.05, 4.69) is 0 Å². The fourth-order valence-electron chi connectivity index (χ4n) is 2.10. The zero-order valence-corrected chi connectivity index (χ0v) is 11.3. The first-order valence-electron chi connectivity index (χ1n) is 6.35. The molecule has 0 aliphatic carbocycles. The molecule has 3 N–H and O–H groups in total. The molecule has 0 heterocycles. The Bertz CT molecular complexity index is 373. The number of benzene rings is 1. The van der Waals surface area contributed by atoms with Gasteiger partial charge < -0.3 is 10.8 Å². The lowest BCUT2D eigenvalue weighted by molar-refractivity contribution is 0.105. The van der Waals surface area contributed by atoms with Gasteiger partial charge in [-0.3, -0.25) is 4.90 Å². The number of hydrogen-bond donors (Lipinski definition) is 2. The Hall–Kier alpha value is -0.970. The molecule has 3 unspecified atom stereocenters. The van der Waals surface area contributed by atoms with Crippen LogP contribution in [-0.4, -0.2) is 35.7 Å². The third-order valence-corrected chi connectivity index (χ3v) is 3.47. The van der Waals surface area contributed by atoms with E-state index >= 15 is 0 Å². The zero-order valence-electron chi connectivity index (χ0n) is 11.3. The van der Waals surface area contributed by atoms with E-state index < -0.39 is 0 Å². The molecule has 0 radical (unpaired) electrons. The molecule has 0 aliphatic heterocycles. The first kappa shape index (κ1) is 15.1. The third kappa shape index (κ3) is 3.51. The predicted molar refractivity (Wildman–Crippen MR) is 71.7 cm³/mol. The van der Waals surface area contributed by atoms with Crippen molar-refractivity contribution >= 4 is 0 Å². The first-order valence-corrected chi connectivity index (χ1v) is 6.35. The zero-order chi connectivity index (χ0) is 13.7. The molecule has 1 rings (SSSR count). The predicted octanol–water partition coefficient (Wildman–Crippen LogP) is 1.92. The molecule has 0 bridgehead atoms. The number of nitrogens with two attached hydrogens (primary N) is 1. The molecule has 0 saturated heterocycles. The third-order valence-electron chi connectivity index (χ3n) is 3.47. The van der Waals surface area contributed by atoms with Gasteiger partial charge in [0.15, 0.2) is 0 Å². The lowest BCUT2D eigenvalue weighted by Gasteiger charge is -2.36. The van der Waals surface area contributed by atoms with Crippen LogP contribution in [0, 0.1) is 5.82 Å². The van der Waals surface area contributed by atoms with Gasteiger partial charge in [-0.15, -0.1) is 0 Å². The normalized spacial score (nSPS) is 16.6. The van der Waals surface area contributed by atoms with E-state index in [4.69, 9.17) is 5.73 Å². The highest BCUT2D eigenvalue weighted by molar-refractivity contribution is 5.22. The minimum atomic E-state index is -0.258. The van der Waals surface area contributed by atoms with Crippen molar-refractivity contribution in [3.63, 3.8) is 0 Å². The molecule has 0 amide bonds. The smallest absolute Gasteiger partial charge is 0.123 e. The van der Waals surface area contributed by atoms with Gasteiger partial charge in [0.05, 0.1) is 12.6 Å². The largest absolute Gasteiger partial charge is 0.395 e. The standard InChI is InChI=1S/C14H23FN2O/c1-4-13(16)14(17(3)10(2)9-18)11-6-5-7-12(15)8-11/h5-8,10,13-14,18H,4,9,16H2,1-3H3. The number of likely N-dealkylation sites (N-methyl/N-ethyl adjacent to an activating group) is 1. The summed E-state index contributed by atoms with van der Waals surface area (Å²) in [6.07, 6.45) is 0.795. The van der Waals surface area contributed by atoms with E-state index in [-0.39, 0.29) is 30.5 Å². The maximum absolute atomic E-state index is 13.3. The summed E-state index contributed by atoms with van der Waals surface area (Å²) in [4.78, 5) is 2.00. The number of nitrogens with zero attached hydrogens (tertiary/aromatic N) is 1. The molecular weight excluding hydrogens is 231 g/mol. The van der Waals surface area contributed by atoms with E-state index in [9.17, 15) is 9.50 Å². The van der Waals surface area contributed by atoms with Gasteiger partial charge in [-0.1, -0.05) is 19.1 Å². The van der Waals surface area contributed by atoms with Gasteiger partial charge in [0.25, 0.3) is 0 Å². The second-order valence-corrected chi connectivity index (χ2v) is 4.77. The summed E-state index contributed by atoms with van der Waals surface area (Å²) in [7, 11) is 1.91. The Balaban J connectivity index is 3.05. The van der Waals surface area contributed by atoms with Crippen LogP contribution in [0.1, 0.15) is 31.9 Å². The number of aliphatic hydroxyl groups excluding tert-OH is 1. The van der Waals surface area contributed by atoms with Crippen LogP contribution < -0.4 is 5.73 Å². The van der Waals surface area contributed by atoms with Crippen LogP contribution in [0.25, 0.3) is 0 Å². The Morgan fingerprint density at radius 1 is 1.44 bits per heavy atom. The molecule has 102 valence electrons. The Labute approximate surface area is 108 Å². The molecule has 3 atom stereocenters. The summed E-state index contributed by atoms with van der Waals surface area (Å²) >= 11 is 0. The van der Waals surface area contributed by atoms with Crippen LogP contribution in [-0.2, 0) is 0 Å². The quantitative estimate of drug-likeness (QED) is 0.815. The van der Waals surface area contributed by atoms with Gasteiger partial charge in [-0.05, 0) is 38.1 Å². The van der Waals surface area contributed by atoms with Crippen molar-refractivity contribution in [3.05, 3.63) is 35.6 Å². The molecule has 1 aromatic rings. The van der Waals surface area contributed by atoms with Crippen molar-refractivity contribution in [2.75, 3.05) is 13.7 Å². The maximum Gasteiger partial charge on any atom is 0.123 e. The van der Waals surface area contributed by atoms with Crippen molar-refractivity contribution in [1.82, 2.24) is 4.90 Å². The molecule has 0 aromatic heterocycles. The summed E-state index contributed by atoms with van der Waals surface area (Å²) in [5.41, 5.74) is 7.00. The highest BCUT2D eigenvalue weighted by Crippen LogP contribution is 2.26. The summed E-state index contributed by atoms with van der Waals surface area (Å²) in [6, 6.07) is 6.31. The average Bonchev–Trinajstić information content (AvgIpc) is 2.37. The van der Waals surface area contributed by atoms with E-state index in [0.29, 0.717) is 0 Å². The Morgan fingerprint density at radius 3 is 2.61 bits per heavy atom. The molecule has 3 nitrogen and oxygen atoms in total. The molecule has 0 fully saturated rings. The van der Waals surface area contributed by atoms with Gasteiger partial charge in [0.2, 0.25) is 0 Å². The minimum absolute atomic E-state index is 0.0177. The molecule has 0 spiro atoms. The van der Waals surface area contributed by atoms with E-state index in [1.54, 1.807) is 6.07 Å². The van der Waals surface area contributed by atoms with Crippen molar-refractivity contribution in [1.29, 1.82) is 0 Å². The SMILES string of the molecule is CCC(N)C(c1cccc(F)c1)N(C)C(C)CO. The number of hydrogen-bond acceptors (Lipinski definition) is 3. The summed E-state index contributed by atoms with van der Waals surface area (Å²) in [5.74, 6) is -0.258. The number of aliphatic hydroxyl groups is 1. The van der Waals surface area contributed by atoms with Gasteiger partial charge in [-0.2, -0.15) is 0 Å². The van der Waals surface area contributed by atoms with E-state index in [1.165, 1.54) is 12.1 Å². The van der Waals surface area contributed by atoms with E-state index in [1.807, 2.05) is 31.9 Å².